The van der Waals surface area contributed by atoms with E-state index in [1.807, 2.05) is 0 Å². The third-order valence-corrected chi connectivity index (χ3v) is 6.86. The quantitative estimate of drug-likeness (QED) is 0.258. The van der Waals surface area contributed by atoms with Crippen molar-refractivity contribution in [3.05, 3.63) is 82.5 Å². The minimum atomic E-state index is -1.07. The van der Waals surface area contributed by atoms with Crippen LogP contribution in [0.25, 0.3) is 22.0 Å². The molecule has 1 atom stereocenters. The summed E-state index contributed by atoms with van der Waals surface area (Å²) >= 11 is 6.18. The average molecular weight is 561 g/mol. The third kappa shape index (κ3) is 3.90. The third-order valence-electron chi connectivity index (χ3n) is 6.65. The summed E-state index contributed by atoms with van der Waals surface area (Å²) in [5.74, 6) is -1.04. The number of fused-ring (bicyclic) bond motifs is 2. The Balaban J connectivity index is 1.49. The van der Waals surface area contributed by atoms with Gasteiger partial charge in [-0.1, -0.05) is 17.7 Å². The number of benzene rings is 2. The number of halogens is 1. The van der Waals surface area contributed by atoms with Crippen molar-refractivity contribution in [2.24, 2.45) is 0 Å². The monoisotopic (exact) mass is 560 g/mol. The Labute approximate surface area is 231 Å². The topological polar surface area (TPSA) is 140 Å². The number of rotatable bonds is 7. The molecular formula is C28H21ClN4O7. The van der Waals surface area contributed by atoms with Gasteiger partial charge >= 0.3 is 0 Å². The molecule has 4 heterocycles. The van der Waals surface area contributed by atoms with Crippen LogP contribution in [-0.4, -0.2) is 53.1 Å². The van der Waals surface area contributed by atoms with Gasteiger partial charge in [0.05, 0.1) is 44.0 Å². The molecule has 11 nitrogen and oxygen atoms in total. The SMILES string of the molecule is COc1cc2nc(N3C(=O)C(O)=C(C(=O)c4cc5cc(Cl)cc(OC)c5o4)C3c3cccnc3)[nH]c2cc1OC. The zero-order chi connectivity index (χ0) is 28.1. The van der Waals surface area contributed by atoms with Gasteiger partial charge in [-0.2, -0.15) is 0 Å². The molecule has 12 heteroatoms. The van der Waals surface area contributed by atoms with E-state index in [0.717, 1.165) is 0 Å². The maximum Gasteiger partial charge on any atom is 0.296 e. The van der Waals surface area contributed by atoms with Crippen molar-refractivity contribution in [3.63, 3.8) is 0 Å². The van der Waals surface area contributed by atoms with Gasteiger partial charge in [-0.3, -0.25) is 19.5 Å². The molecule has 0 saturated carbocycles. The van der Waals surface area contributed by atoms with Gasteiger partial charge in [0.1, 0.15) is 0 Å². The highest BCUT2D eigenvalue weighted by Crippen LogP contribution is 2.43. The first kappa shape index (κ1) is 25.3. The van der Waals surface area contributed by atoms with Gasteiger partial charge in [-0.25, -0.2) is 4.98 Å². The van der Waals surface area contributed by atoms with Crippen LogP contribution in [0.3, 0.4) is 0 Å². The number of furan rings is 1. The van der Waals surface area contributed by atoms with Gasteiger partial charge in [-0.05, 0) is 23.8 Å². The van der Waals surface area contributed by atoms with Crippen LogP contribution in [0.5, 0.6) is 17.2 Å². The molecule has 0 spiro atoms. The number of ketones is 1. The largest absolute Gasteiger partial charge is 0.503 e. The standard InChI is InChI=1S/C28H21ClN4O7/c1-37-18-10-16-17(11-19(18)38-2)32-28(31-16)33-23(13-5-4-6-30-12-13)22(25(35)27(33)36)24(34)20-8-14-7-15(29)9-21(39-3)26(14)40-20/h4-12,23,35H,1-3H3,(H,31,32). The Morgan fingerprint density at radius 3 is 2.52 bits per heavy atom. The van der Waals surface area contributed by atoms with Gasteiger partial charge in [-0.15, -0.1) is 0 Å². The molecule has 1 unspecified atom stereocenters. The lowest BCUT2D eigenvalue weighted by Gasteiger charge is -2.23. The van der Waals surface area contributed by atoms with Gasteiger partial charge in [0, 0.05) is 41.0 Å². The van der Waals surface area contributed by atoms with Gasteiger partial charge in [0.15, 0.2) is 34.4 Å². The minimum Gasteiger partial charge on any atom is -0.503 e. The highest BCUT2D eigenvalue weighted by molar-refractivity contribution is 6.31. The number of nitrogens with zero attached hydrogens (tertiary/aromatic N) is 3. The predicted molar refractivity (Wildman–Crippen MR) is 145 cm³/mol. The van der Waals surface area contributed by atoms with Crippen molar-refractivity contribution in [2.45, 2.75) is 6.04 Å². The number of methoxy groups -OCH3 is 3. The molecule has 2 aromatic carbocycles. The number of aromatic nitrogens is 3. The van der Waals surface area contributed by atoms with E-state index in [2.05, 4.69) is 15.0 Å². The minimum absolute atomic E-state index is 0.0940. The van der Waals surface area contributed by atoms with E-state index in [0.29, 0.717) is 49.8 Å². The Kier molecular flexibility index (Phi) is 6.07. The number of nitrogens with one attached hydrogen (secondary N) is 1. The molecule has 5 aromatic rings. The van der Waals surface area contributed by atoms with Crippen LogP contribution in [0, 0.1) is 0 Å². The molecule has 1 aliphatic rings. The molecule has 0 bridgehead atoms. The molecule has 6 rings (SSSR count). The van der Waals surface area contributed by atoms with Crippen molar-refractivity contribution in [3.8, 4) is 17.2 Å². The van der Waals surface area contributed by atoms with Crippen LogP contribution in [0.15, 0.2) is 70.6 Å². The van der Waals surface area contributed by atoms with Gasteiger partial charge < -0.3 is 28.7 Å². The van der Waals surface area contributed by atoms with Gasteiger partial charge in [0.2, 0.25) is 11.7 Å². The van der Waals surface area contributed by atoms with E-state index in [1.165, 1.54) is 38.5 Å². The Morgan fingerprint density at radius 1 is 1.07 bits per heavy atom. The number of carbonyl (C=O) groups is 2. The first-order chi connectivity index (χ1) is 19.3. The number of hydrogen-bond donors (Lipinski definition) is 2. The average Bonchev–Trinajstić information content (AvgIpc) is 3.65. The molecular weight excluding hydrogens is 540 g/mol. The van der Waals surface area contributed by atoms with E-state index in [-0.39, 0.29) is 17.3 Å². The van der Waals surface area contributed by atoms with E-state index >= 15 is 0 Å². The summed E-state index contributed by atoms with van der Waals surface area (Å²) in [7, 11) is 4.46. The predicted octanol–water partition coefficient (Wildman–Crippen LogP) is 5.17. The van der Waals surface area contributed by atoms with E-state index in [1.54, 1.807) is 42.6 Å². The number of pyridine rings is 1. The molecule has 0 fully saturated rings. The molecule has 0 aliphatic carbocycles. The fourth-order valence-corrected chi connectivity index (χ4v) is 5.05. The van der Waals surface area contributed by atoms with Crippen LogP contribution < -0.4 is 19.1 Å². The number of amides is 1. The number of anilines is 1. The number of H-pyrrole nitrogens is 1. The maximum absolute atomic E-state index is 13.9. The number of carbonyl (C=O) groups excluding carboxylic acids is 2. The summed E-state index contributed by atoms with van der Waals surface area (Å²) in [6.45, 7) is 0. The fraction of sp³-hybridized carbons (Fsp3) is 0.143. The van der Waals surface area contributed by atoms with Crippen LogP contribution in [0.4, 0.5) is 5.95 Å². The lowest BCUT2D eigenvalue weighted by atomic mass is 9.96. The van der Waals surface area contributed by atoms with Crippen molar-refractivity contribution in [1.29, 1.82) is 0 Å². The summed E-state index contributed by atoms with van der Waals surface area (Å²) in [5, 5.41) is 12.0. The number of aliphatic hydroxyl groups excluding tert-OH is 1. The number of hydrogen-bond acceptors (Lipinski definition) is 9. The summed E-state index contributed by atoms with van der Waals surface area (Å²) in [4.78, 5) is 40.5. The maximum atomic E-state index is 13.9. The molecule has 1 amide bonds. The molecule has 40 heavy (non-hydrogen) atoms. The number of imidazole rings is 1. The Hall–Kier alpha value is -5.03. The first-order valence-electron chi connectivity index (χ1n) is 11.9. The van der Waals surface area contributed by atoms with Crippen molar-refractivity contribution in [1.82, 2.24) is 15.0 Å². The first-order valence-corrected chi connectivity index (χ1v) is 12.3. The van der Waals surface area contributed by atoms with Crippen molar-refractivity contribution in [2.75, 3.05) is 26.2 Å². The molecule has 2 N–H and O–H groups in total. The second-order valence-corrected chi connectivity index (χ2v) is 9.31. The number of aliphatic hydroxyl groups is 1. The molecule has 1 aliphatic heterocycles. The zero-order valence-corrected chi connectivity index (χ0v) is 22.1. The van der Waals surface area contributed by atoms with Crippen molar-refractivity contribution >= 4 is 51.2 Å². The summed E-state index contributed by atoms with van der Waals surface area (Å²) in [5.41, 5.74) is 1.60. The molecule has 202 valence electrons. The summed E-state index contributed by atoms with van der Waals surface area (Å²) < 4.78 is 21.9. The Bertz CT molecular complexity index is 1800. The van der Waals surface area contributed by atoms with Crippen LogP contribution in [-0.2, 0) is 4.79 Å². The molecule has 0 saturated heterocycles. The lowest BCUT2D eigenvalue weighted by molar-refractivity contribution is -0.117. The van der Waals surface area contributed by atoms with E-state index in [4.69, 9.17) is 30.2 Å². The molecule has 0 radical (unpaired) electrons. The van der Waals surface area contributed by atoms with Gasteiger partial charge in [0.25, 0.3) is 5.91 Å². The van der Waals surface area contributed by atoms with Crippen LogP contribution >= 0.6 is 11.6 Å². The van der Waals surface area contributed by atoms with Crippen LogP contribution in [0.1, 0.15) is 22.2 Å². The summed E-state index contributed by atoms with van der Waals surface area (Å²) in [6, 6.07) is 10.3. The number of ether oxygens (including phenoxy) is 3. The second kappa shape index (κ2) is 9.62. The number of aromatic amines is 1. The zero-order valence-electron chi connectivity index (χ0n) is 21.4. The fourth-order valence-electron chi connectivity index (χ4n) is 4.83. The van der Waals surface area contributed by atoms with Crippen LogP contribution in [0.2, 0.25) is 5.02 Å². The Morgan fingerprint density at radius 2 is 1.82 bits per heavy atom. The lowest BCUT2D eigenvalue weighted by Crippen LogP contribution is -2.32. The molecule has 3 aromatic heterocycles. The summed E-state index contributed by atoms with van der Waals surface area (Å²) in [6.07, 6.45) is 3.07. The van der Waals surface area contributed by atoms with E-state index in [9.17, 15) is 14.7 Å². The smallest absolute Gasteiger partial charge is 0.296 e. The van der Waals surface area contributed by atoms with E-state index < -0.39 is 23.5 Å². The highest BCUT2D eigenvalue weighted by Gasteiger charge is 2.46. The second-order valence-electron chi connectivity index (χ2n) is 8.88. The number of Topliss-reactive ketones (excluding diaryl/α,β-unsaturated/α-hetero) is 1. The normalized spacial score (nSPS) is 15.3. The van der Waals surface area contributed by atoms with Crippen molar-refractivity contribution < 1.29 is 33.3 Å². The highest BCUT2D eigenvalue weighted by atomic mass is 35.5.